The van der Waals surface area contributed by atoms with Crippen molar-refractivity contribution in [3.05, 3.63) is 24.0 Å². The molecule has 1 aliphatic rings. The minimum atomic E-state index is -3.22. The SMILES string of the molecule is CC(C)S(=O)(=O)Cc1cnn(C2=CC(=O)NS2=O)c1. The number of rotatable bonds is 4. The number of hydrogen-bond acceptors (Lipinski definition) is 5. The van der Waals surface area contributed by atoms with E-state index in [1.807, 2.05) is 0 Å². The fourth-order valence-electron chi connectivity index (χ4n) is 1.44. The molecule has 1 aromatic heterocycles. The number of nitrogens with one attached hydrogen (secondary N) is 1. The van der Waals surface area contributed by atoms with Gasteiger partial charge in [0.25, 0.3) is 5.91 Å². The summed E-state index contributed by atoms with van der Waals surface area (Å²) in [6.45, 7) is 3.22. The summed E-state index contributed by atoms with van der Waals surface area (Å²) in [6.07, 6.45) is 4.02. The fourth-order valence-corrected chi connectivity index (χ4v) is 3.22. The van der Waals surface area contributed by atoms with Crippen LogP contribution in [0.5, 0.6) is 0 Å². The van der Waals surface area contributed by atoms with E-state index in [9.17, 15) is 17.4 Å². The third-order valence-corrected chi connectivity index (χ3v) is 5.83. The maximum absolute atomic E-state index is 11.8. The maximum Gasteiger partial charge on any atom is 0.258 e. The van der Waals surface area contributed by atoms with Crippen molar-refractivity contribution in [2.24, 2.45) is 0 Å². The zero-order chi connectivity index (χ0) is 14.2. The van der Waals surface area contributed by atoms with E-state index in [0.29, 0.717) is 5.56 Å². The van der Waals surface area contributed by atoms with E-state index in [0.717, 1.165) is 0 Å². The number of amides is 1. The van der Waals surface area contributed by atoms with Gasteiger partial charge in [0.15, 0.2) is 25.9 Å². The second kappa shape index (κ2) is 4.89. The Hall–Kier alpha value is -1.48. The molecule has 0 aliphatic carbocycles. The van der Waals surface area contributed by atoms with Crippen molar-refractivity contribution >= 4 is 31.8 Å². The molecule has 2 heterocycles. The first-order chi connectivity index (χ1) is 8.79. The van der Waals surface area contributed by atoms with Crippen molar-refractivity contribution in [1.82, 2.24) is 14.5 Å². The maximum atomic E-state index is 11.8. The van der Waals surface area contributed by atoms with Crippen LogP contribution in [0.3, 0.4) is 0 Å². The van der Waals surface area contributed by atoms with Gasteiger partial charge in [-0.05, 0) is 13.8 Å². The van der Waals surface area contributed by atoms with E-state index in [-0.39, 0.29) is 10.8 Å². The van der Waals surface area contributed by atoms with Gasteiger partial charge >= 0.3 is 0 Å². The van der Waals surface area contributed by atoms with Crippen LogP contribution >= 0.6 is 0 Å². The molecule has 19 heavy (non-hydrogen) atoms. The van der Waals surface area contributed by atoms with Crippen LogP contribution in [0.15, 0.2) is 18.5 Å². The average molecular weight is 303 g/mol. The topological polar surface area (TPSA) is 98.1 Å². The molecule has 1 unspecified atom stereocenters. The number of carbonyl (C=O) groups excluding carboxylic acids is 1. The predicted molar refractivity (Wildman–Crippen MR) is 70.5 cm³/mol. The van der Waals surface area contributed by atoms with E-state index in [1.165, 1.54) is 23.2 Å². The molecular formula is C10H13N3O4S2. The Bertz CT molecular complexity index is 673. The van der Waals surface area contributed by atoms with E-state index >= 15 is 0 Å². The molecule has 1 amide bonds. The van der Waals surface area contributed by atoms with Crippen molar-refractivity contribution in [2.45, 2.75) is 24.9 Å². The summed E-state index contributed by atoms with van der Waals surface area (Å²) in [5, 5.41) is 3.64. The van der Waals surface area contributed by atoms with Crippen LogP contribution in [0, 0.1) is 0 Å². The van der Waals surface area contributed by atoms with E-state index in [2.05, 4.69) is 9.82 Å². The lowest BCUT2D eigenvalue weighted by Gasteiger charge is -2.05. The quantitative estimate of drug-likeness (QED) is 0.830. The van der Waals surface area contributed by atoms with Gasteiger partial charge in [-0.25, -0.2) is 17.3 Å². The fraction of sp³-hybridized carbons (Fsp3) is 0.400. The number of aromatic nitrogens is 2. The zero-order valence-corrected chi connectivity index (χ0v) is 12.0. The van der Waals surface area contributed by atoms with Gasteiger partial charge in [0.1, 0.15) is 0 Å². The van der Waals surface area contributed by atoms with E-state index < -0.39 is 32.0 Å². The van der Waals surface area contributed by atoms with Gasteiger partial charge in [0.05, 0.1) is 17.2 Å². The first-order valence-electron chi connectivity index (χ1n) is 5.49. The summed E-state index contributed by atoms with van der Waals surface area (Å²) in [5.41, 5.74) is 0.492. The zero-order valence-electron chi connectivity index (χ0n) is 10.4. The predicted octanol–water partition coefficient (Wildman–Crippen LogP) is -0.202. The summed E-state index contributed by atoms with van der Waals surface area (Å²) >= 11 is 0. The molecule has 0 bridgehead atoms. The van der Waals surface area contributed by atoms with Crippen LogP contribution < -0.4 is 4.72 Å². The van der Waals surface area contributed by atoms with Crippen molar-refractivity contribution in [3.8, 4) is 0 Å². The summed E-state index contributed by atoms with van der Waals surface area (Å²) in [4.78, 5) is 11.0. The Balaban J connectivity index is 2.24. The number of nitrogens with zero attached hydrogens (tertiary/aromatic N) is 2. The molecule has 0 saturated carbocycles. The van der Waals surface area contributed by atoms with Crippen molar-refractivity contribution in [1.29, 1.82) is 0 Å². The highest BCUT2D eigenvalue weighted by Gasteiger charge is 2.23. The molecule has 0 saturated heterocycles. The Kier molecular flexibility index (Phi) is 3.59. The highest BCUT2D eigenvalue weighted by atomic mass is 32.2. The van der Waals surface area contributed by atoms with Gasteiger partial charge in [-0.3, -0.25) is 9.52 Å². The minimum Gasteiger partial charge on any atom is -0.269 e. The average Bonchev–Trinajstić information content (AvgIpc) is 2.84. The third kappa shape index (κ3) is 2.92. The monoisotopic (exact) mass is 303 g/mol. The van der Waals surface area contributed by atoms with Crippen LogP contribution in [-0.2, 0) is 31.4 Å². The van der Waals surface area contributed by atoms with Crippen LogP contribution in [0.25, 0.3) is 5.03 Å². The molecule has 9 heteroatoms. The van der Waals surface area contributed by atoms with E-state index in [1.54, 1.807) is 13.8 Å². The van der Waals surface area contributed by atoms with Gasteiger partial charge < -0.3 is 0 Å². The number of hydrogen-bond donors (Lipinski definition) is 1. The Morgan fingerprint density at radius 1 is 1.47 bits per heavy atom. The molecule has 104 valence electrons. The summed E-state index contributed by atoms with van der Waals surface area (Å²) < 4.78 is 38.5. The Morgan fingerprint density at radius 3 is 2.68 bits per heavy atom. The van der Waals surface area contributed by atoms with Crippen LogP contribution in [0.4, 0.5) is 0 Å². The molecule has 1 aromatic rings. The molecule has 2 rings (SSSR count). The van der Waals surface area contributed by atoms with Crippen LogP contribution in [0.1, 0.15) is 19.4 Å². The Labute approximate surface area is 113 Å². The minimum absolute atomic E-state index is 0.133. The lowest BCUT2D eigenvalue weighted by atomic mass is 10.4. The first-order valence-corrected chi connectivity index (χ1v) is 8.35. The van der Waals surface area contributed by atoms with Crippen molar-refractivity contribution in [3.63, 3.8) is 0 Å². The molecule has 0 aromatic carbocycles. The van der Waals surface area contributed by atoms with Crippen LogP contribution in [-0.4, -0.2) is 33.6 Å². The molecule has 0 spiro atoms. The second-order valence-corrected chi connectivity index (χ2v) is 8.08. The molecule has 0 radical (unpaired) electrons. The van der Waals surface area contributed by atoms with Gasteiger partial charge in [-0.1, -0.05) is 0 Å². The molecule has 1 aliphatic heterocycles. The molecule has 1 N–H and O–H groups in total. The van der Waals surface area contributed by atoms with Gasteiger partial charge in [-0.15, -0.1) is 0 Å². The first kappa shape index (κ1) is 13.9. The largest absolute Gasteiger partial charge is 0.269 e. The molecule has 0 fully saturated rings. The highest BCUT2D eigenvalue weighted by Crippen LogP contribution is 2.16. The summed E-state index contributed by atoms with van der Waals surface area (Å²) in [6, 6.07) is 0. The summed E-state index contributed by atoms with van der Waals surface area (Å²) in [7, 11) is -4.86. The smallest absolute Gasteiger partial charge is 0.258 e. The highest BCUT2D eigenvalue weighted by molar-refractivity contribution is 7.93. The second-order valence-electron chi connectivity index (χ2n) is 4.37. The molecular weight excluding hydrogens is 290 g/mol. The van der Waals surface area contributed by atoms with Crippen molar-refractivity contribution < 1.29 is 17.4 Å². The lowest BCUT2D eigenvalue weighted by molar-refractivity contribution is -0.114. The number of sulfone groups is 1. The normalized spacial score (nSPS) is 19.6. The standard InChI is InChI=1S/C10H13N3O4S2/c1-7(2)19(16,17)6-8-4-11-13(5-8)10-3-9(14)12-18(10)15/h3-5,7H,6H2,1-2H3,(H,12,14). The van der Waals surface area contributed by atoms with Gasteiger partial charge in [0.2, 0.25) is 0 Å². The lowest BCUT2D eigenvalue weighted by Crippen LogP contribution is -2.17. The Morgan fingerprint density at radius 2 is 2.16 bits per heavy atom. The summed E-state index contributed by atoms with van der Waals surface area (Å²) in [5.74, 6) is -0.591. The molecule has 7 nitrogen and oxygen atoms in total. The van der Waals surface area contributed by atoms with Gasteiger partial charge in [0, 0.05) is 17.8 Å². The number of carbonyl (C=O) groups is 1. The van der Waals surface area contributed by atoms with Crippen LogP contribution in [0.2, 0.25) is 0 Å². The third-order valence-electron chi connectivity index (χ3n) is 2.59. The van der Waals surface area contributed by atoms with Gasteiger partial charge in [-0.2, -0.15) is 5.10 Å². The molecule has 1 atom stereocenters. The van der Waals surface area contributed by atoms with Crippen molar-refractivity contribution in [2.75, 3.05) is 0 Å². The van der Waals surface area contributed by atoms with E-state index in [4.69, 9.17) is 0 Å².